The van der Waals surface area contributed by atoms with Crippen LogP contribution in [0.1, 0.15) is 44.9 Å². The van der Waals surface area contributed by atoms with Gasteiger partial charge in [0, 0.05) is 12.3 Å². The van der Waals surface area contributed by atoms with E-state index in [0.717, 1.165) is 25.1 Å². The number of nitrogens with zero attached hydrogens (tertiary/aromatic N) is 2. The summed E-state index contributed by atoms with van der Waals surface area (Å²) in [5, 5.41) is 19.8. The van der Waals surface area contributed by atoms with Crippen LogP contribution in [0.3, 0.4) is 0 Å². The van der Waals surface area contributed by atoms with Crippen LogP contribution in [0.25, 0.3) is 0 Å². The lowest BCUT2D eigenvalue weighted by Gasteiger charge is -2.33. The molecule has 2 aliphatic heterocycles. The Morgan fingerprint density at radius 2 is 1.85 bits per heavy atom. The van der Waals surface area contributed by atoms with Crippen molar-refractivity contribution in [1.29, 1.82) is 5.26 Å². The Kier molecular flexibility index (Phi) is 6.80. The van der Waals surface area contributed by atoms with Crippen molar-refractivity contribution in [3.63, 3.8) is 0 Å². The first-order valence-electron chi connectivity index (χ1n) is 8.60. The SMILES string of the molecule is N#C[C@@H]1CCCN1C(=O)[C@@H]1CSC2(CCCCC2)N1.O=C(O)C(F)(F)F. The van der Waals surface area contributed by atoms with E-state index in [9.17, 15) is 18.0 Å². The maximum Gasteiger partial charge on any atom is 0.490 e. The molecule has 3 rings (SSSR count). The van der Waals surface area contributed by atoms with Crippen molar-refractivity contribution < 1.29 is 27.9 Å². The number of likely N-dealkylation sites (tertiary alicyclic amines) is 1. The fraction of sp³-hybridized carbons (Fsp3) is 0.812. The van der Waals surface area contributed by atoms with Gasteiger partial charge < -0.3 is 10.0 Å². The lowest BCUT2D eigenvalue weighted by Crippen LogP contribution is -2.51. The van der Waals surface area contributed by atoms with Crippen LogP contribution in [0, 0.1) is 11.3 Å². The number of carboxylic acid groups (broad SMARTS) is 1. The highest BCUT2D eigenvalue weighted by molar-refractivity contribution is 8.01. The average molecular weight is 393 g/mol. The van der Waals surface area contributed by atoms with Crippen molar-refractivity contribution >= 4 is 23.6 Å². The number of halogens is 3. The molecular weight excluding hydrogens is 371 g/mol. The standard InChI is InChI=1S/C14H21N3OS.C2HF3O2/c15-9-11-5-4-8-17(11)13(18)12-10-19-14(16-12)6-2-1-3-7-14;3-2(4,5)1(6)7/h11-12,16H,1-8,10H2;(H,6,7)/t11-,12-;/m0./s1. The Morgan fingerprint density at radius 3 is 2.38 bits per heavy atom. The average Bonchev–Trinajstić information content (AvgIpc) is 3.22. The van der Waals surface area contributed by atoms with E-state index in [-0.39, 0.29) is 22.9 Å². The molecule has 2 N–H and O–H groups in total. The van der Waals surface area contributed by atoms with Gasteiger partial charge in [0.15, 0.2) is 0 Å². The Labute approximate surface area is 154 Å². The molecule has 2 saturated heterocycles. The predicted molar refractivity (Wildman–Crippen MR) is 89.2 cm³/mol. The molecule has 1 amide bonds. The van der Waals surface area contributed by atoms with E-state index in [2.05, 4.69) is 11.4 Å². The topological polar surface area (TPSA) is 93.4 Å². The minimum Gasteiger partial charge on any atom is -0.475 e. The van der Waals surface area contributed by atoms with Crippen LogP contribution in [0.4, 0.5) is 13.2 Å². The van der Waals surface area contributed by atoms with Crippen LogP contribution in [-0.2, 0) is 9.59 Å². The summed E-state index contributed by atoms with van der Waals surface area (Å²) in [6, 6.07) is 2.00. The molecule has 0 radical (unpaired) electrons. The second-order valence-corrected chi connectivity index (χ2v) is 8.09. The third kappa shape index (κ3) is 5.04. The Balaban J connectivity index is 0.000000298. The molecule has 3 aliphatic rings. The number of alkyl halides is 3. The van der Waals surface area contributed by atoms with Gasteiger partial charge in [-0.05, 0) is 25.7 Å². The number of thioether (sulfide) groups is 1. The van der Waals surface area contributed by atoms with Gasteiger partial charge in [0.2, 0.25) is 5.91 Å². The summed E-state index contributed by atoms with van der Waals surface area (Å²) in [5.74, 6) is -1.74. The number of carboxylic acids is 1. The number of hydrogen-bond donors (Lipinski definition) is 2. The zero-order valence-electron chi connectivity index (χ0n) is 14.2. The second-order valence-electron chi connectivity index (χ2n) is 6.68. The summed E-state index contributed by atoms with van der Waals surface area (Å²) in [7, 11) is 0. The van der Waals surface area contributed by atoms with Gasteiger partial charge in [-0.25, -0.2) is 4.79 Å². The van der Waals surface area contributed by atoms with Gasteiger partial charge in [-0.15, -0.1) is 11.8 Å². The summed E-state index contributed by atoms with van der Waals surface area (Å²) in [6.07, 6.45) is 2.95. The number of carbonyl (C=O) groups is 2. The smallest absolute Gasteiger partial charge is 0.475 e. The second kappa shape index (κ2) is 8.48. The van der Waals surface area contributed by atoms with Crippen LogP contribution < -0.4 is 5.32 Å². The molecule has 3 fully saturated rings. The molecule has 6 nitrogen and oxygen atoms in total. The zero-order chi connectivity index (χ0) is 19.4. The summed E-state index contributed by atoms with van der Waals surface area (Å²) in [5.41, 5.74) is 0. The number of carbonyl (C=O) groups excluding carboxylic acids is 1. The summed E-state index contributed by atoms with van der Waals surface area (Å²) >= 11 is 1.93. The van der Waals surface area contributed by atoms with Crippen molar-refractivity contribution in [3.8, 4) is 6.07 Å². The highest BCUT2D eigenvalue weighted by Crippen LogP contribution is 2.42. The van der Waals surface area contributed by atoms with E-state index >= 15 is 0 Å². The number of amides is 1. The number of nitriles is 1. The summed E-state index contributed by atoms with van der Waals surface area (Å²) in [4.78, 5) is 23.4. The molecule has 2 heterocycles. The van der Waals surface area contributed by atoms with E-state index < -0.39 is 12.1 Å². The Morgan fingerprint density at radius 1 is 1.23 bits per heavy atom. The third-order valence-electron chi connectivity index (χ3n) is 4.85. The molecule has 2 atom stereocenters. The molecule has 0 aromatic rings. The monoisotopic (exact) mass is 393 g/mol. The normalized spacial score (nSPS) is 27.5. The van der Waals surface area contributed by atoms with Crippen molar-refractivity contribution in [1.82, 2.24) is 10.2 Å². The molecule has 26 heavy (non-hydrogen) atoms. The van der Waals surface area contributed by atoms with Crippen LogP contribution in [0.15, 0.2) is 0 Å². The zero-order valence-corrected chi connectivity index (χ0v) is 15.0. The van der Waals surface area contributed by atoms with E-state index in [1.54, 1.807) is 4.90 Å². The molecule has 10 heteroatoms. The van der Waals surface area contributed by atoms with Gasteiger partial charge in [0.1, 0.15) is 6.04 Å². The summed E-state index contributed by atoms with van der Waals surface area (Å²) in [6.45, 7) is 0.757. The first-order chi connectivity index (χ1) is 12.2. The number of rotatable bonds is 1. The quantitative estimate of drug-likeness (QED) is 0.711. The molecule has 1 aliphatic carbocycles. The third-order valence-corrected chi connectivity index (χ3v) is 6.43. The van der Waals surface area contributed by atoms with Gasteiger partial charge in [0.05, 0.1) is 17.0 Å². The highest BCUT2D eigenvalue weighted by atomic mass is 32.2. The minimum atomic E-state index is -5.08. The maximum atomic E-state index is 12.5. The molecule has 1 saturated carbocycles. The van der Waals surface area contributed by atoms with Gasteiger partial charge in [-0.1, -0.05) is 19.3 Å². The van der Waals surface area contributed by atoms with Crippen LogP contribution in [-0.4, -0.2) is 57.3 Å². The van der Waals surface area contributed by atoms with E-state index in [4.69, 9.17) is 15.2 Å². The van der Waals surface area contributed by atoms with Gasteiger partial charge >= 0.3 is 12.1 Å². The molecule has 1 spiro atoms. The van der Waals surface area contributed by atoms with Gasteiger partial charge in [0.25, 0.3) is 0 Å². The fourth-order valence-electron chi connectivity index (χ4n) is 3.55. The van der Waals surface area contributed by atoms with Crippen molar-refractivity contribution in [3.05, 3.63) is 0 Å². The van der Waals surface area contributed by atoms with E-state index in [0.29, 0.717) is 0 Å². The number of hydrogen-bond acceptors (Lipinski definition) is 5. The lowest BCUT2D eigenvalue weighted by atomic mass is 9.94. The number of nitrogens with one attached hydrogen (secondary N) is 1. The molecule has 146 valence electrons. The van der Waals surface area contributed by atoms with Crippen LogP contribution in [0.2, 0.25) is 0 Å². The van der Waals surface area contributed by atoms with Crippen LogP contribution in [0.5, 0.6) is 0 Å². The predicted octanol–water partition coefficient (Wildman–Crippen LogP) is 2.50. The minimum absolute atomic E-state index is 0.0722. The van der Waals surface area contributed by atoms with Crippen molar-refractivity contribution in [2.75, 3.05) is 12.3 Å². The van der Waals surface area contributed by atoms with Crippen molar-refractivity contribution in [2.24, 2.45) is 0 Å². The van der Waals surface area contributed by atoms with Gasteiger partial charge in [-0.2, -0.15) is 18.4 Å². The van der Waals surface area contributed by atoms with Crippen molar-refractivity contribution in [2.45, 2.75) is 68.1 Å². The first kappa shape index (κ1) is 20.8. The van der Waals surface area contributed by atoms with Gasteiger partial charge in [-0.3, -0.25) is 10.1 Å². The first-order valence-corrected chi connectivity index (χ1v) is 9.59. The lowest BCUT2D eigenvalue weighted by molar-refractivity contribution is -0.192. The van der Waals surface area contributed by atoms with E-state index in [1.165, 1.54) is 32.1 Å². The van der Waals surface area contributed by atoms with E-state index in [1.807, 2.05) is 11.8 Å². The maximum absolute atomic E-state index is 12.5. The highest BCUT2D eigenvalue weighted by Gasteiger charge is 2.44. The molecule has 0 aromatic heterocycles. The Hall–Kier alpha value is -1.47. The van der Waals surface area contributed by atoms with Crippen LogP contribution >= 0.6 is 11.8 Å². The molecule has 0 unspecified atom stereocenters. The summed E-state index contributed by atoms with van der Waals surface area (Å²) < 4.78 is 31.7. The molecule has 0 bridgehead atoms. The molecular formula is C16H22F3N3O3S. The fourth-order valence-corrected chi connectivity index (χ4v) is 5.07. The largest absolute Gasteiger partial charge is 0.490 e. The molecule has 0 aromatic carbocycles. The Bertz CT molecular complexity index is 573. The number of aliphatic carboxylic acids is 1.